The average Bonchev–Trinajstić information content (AvgIpc) is 2.70. The van der Waals surface area contributed by atoms with Crippen molar-refractivity contribution in [2.24, 2.45) is 0 Å². The summed E-state index contributed by atoms with van der Waals surface area (Å²) in [5.74, 6) is 1.01. The Hall–Kier alpha value is -2.72. The quantitative estimate of drug-likeness (QED) is 0.688. The number of ether oxygens (including phenoxy) is 1. The van der Waals surface area contributed by atoms with Crippen LogP contribution in [0, 0.1) is 0 Å². The number of nitrogens with zero attached hydrogens (tertiary/aromatic N) is 3. The molecule has 1 saturated heterocycles. The lowest BCUT2D eigenvalue weighted by Gasteiger charge is -2.26. The molecule has 0 bridgehead atoms. The minimum absolute atomic E-state index is 0.760. The first-order chi connectivity index (χ1) is 12.4. The van der Waals surface area contributed by atoms with Gasteiger partial charge in [0.05, 0.1) is 18.8 Å². The topological polar surface area (TPSA) is 29.2 Å². The molecule has 0 N–H and O–H groups in total. The van der Waals surface area contributed by atoms with Gasteiger partial charge in [-0.2, -0.15) is 0 Å². The van der Waals surface area contributed by atoms with Crippen molar-refractivity contribution in [3.63, 3.8) is 0 Å². The molecule has 25 heavy (non-hydrogen) atoms. The predicted molar refractivity (Wildman–Crippen MR) is 98.4 cm³/mol. The molecule has 0 radical (unpaired) electrons. The molecule has 3 aromatic rings. The Kier molecular flexibility index (Phi) is 4.70. The molecule has 0 saturated carbocycles. The fourth-order valence-electron chi connectivity index (χ4n) is 3.11. The van der Waals surface area contributed by atoms with Crippen molar-refractivity contribution in [3.8, 4) is 11.1 Å². The monoisotopic (exact) mass is 332 g/mol. The molecular formula is C21H22N3O+. The Labute approximate surface area is 148 Å². The van der Waals surface area contributed by atoms with Crippen molar-refractivity contribution in [2.75, 3.05) is 31.2 Å². The van der Waals surface area contributed by atoms with Crippen molar-refractivity contribution < 1.29 is 9.42 Å². The van der Waals surface area contributed by atoms with Crippen molar-refractivity contribution in [1.82, 2.24) is 5.10 Å². The van der Waals surface area contributed by atoms with Crippen LogP contribution in [0.15, 0.2) is 72.9 Å². The molecule has 1 fully saturated rings. The van der Waals surface area contributed by atoms with E-state index in [0.717, 1.165) is 38.7 Å². The summed E-state index contributed by atoms with van der Waals surface area (Å²) in [7, 11) is 0. The number of anilines is 1. The van der Waals surface area contributed by atoms with Gasteiger partial charge in [0.15, 0.2) is 12.4 Å². The fourth-order valence-corrected chi connectivity index (χ4v) is 3.11. The molecule has 126 valence electrons. The summed E-state index contributed by atoms with van der Waals surface area (Å²) in [6.07, 6.45) is 2.13. The molecule has 0 amide bonds. The highest BCUT2D eigenvalue weighted by Gasteiger charge is 2.19. The third-order valence-corrected chi connectivity index (χ3v) is 4.43. The summed E-state index contributed by atoms with van der Waals surface area (Å²) in [4.78, 5) is 2.30. The van der Waals surface area contributed by atoms with Gasteiger partial charge in [-0.15, -0.1) is 0 Å². The molecule has 1 aliphatic rings. The molecule has 0 spiro atoms. The summed E-state index contributed by atoms with van der Waals surface area (Å²) < 4.78 is 7.53. The van der Waals surface area contributed by atoms with Gasteiger partial charge in [-0.25, -0.2) is 0 Å². The van der Waals surface area contributed by atoms with Crippen LogP contribution in [0.25, 0.3) is 11.1 Å². The molecular weight excluding hydrogens is 310 g/mol. The second-order valence-corrected chi connectivity index (χ2v) is 6.24. The second kappa shape index (κ2) is 7.45. The van der Waals surface area contributed by atoms with Gasteiger partial charge in [-0.3, -0.25) is 0 Å². The number of benzene rings is 2. The van der Waals surface area contributed by atoms with Gasteiger partial charge in [0.25, 0.3) is 0 Å². The first-order valence-electron chi connectivity index (χ1n) is 8.72. The summed E-state index contributed by atoms with van der Waals surface area (Å²) in [5.41, 5.74) is 3.65. The van der Waals surface area contributed by atoms with E-state index in [9.17, 15) is 0 Å². The molecule has 0 atom stereocenters. The van der Waals surface area contributed by atoms with E-state index in [-0.39, 0.29) is 0 Å². The Balaban J connectivity index is 1.72. The van der Waals surface area contributed by atoms with Crippen LogP contribution in [-0.2, 0) is 11.3 Å². The third-order valence-electron chi connectivity index (χ3n) is 4.43. The number of hydrogen-bond acceptors (Lipinski definition) is 3. The zero-order valence-corrected chi connectivity index (χ0v) is 14.2. The largest absolute Gasteiger partial charge is 0.378 e. The Morgan fingerprint density at radius 3 is 2.28 bits per heavy atom. The summed E-state index contributed by atoms with van der Waals surface area (Å²) in [6, 6.07) is 23.1. The van der Waals surface area contributed by atoms with Gasteiger partial charge in [0, 0.05) is 29.8 Å². The molecule has 1 aliphatic heterocycles. The zero-order valence-electron chi connectivity index (χ0n) is 14.2. The van der Waals surface area contributed by atoms with E-state index in [1.165, 1.54) is 16.7 Å². The second-order valence-electron chi connectivity index (χ2n) is 6.24. The van der Waals surface area contributed by atoms with Crippen LogP contribution < -0.4 is 9.58 Å². The third kappa shape index (κ3) is 3.86. The van der Waals surface area contributed by atoms with Gasteiger partial charge in [0.2, 0.25) is 6.20 Å². The van der Waals surface area contributed by atoms with E-state index in [4.69, 9.17) is 9.84 Å². The number of aromatic nitrogens is 2. The fraction of sp³-hybridized carbons (Fsp3) is 0.238. The first-order valence-corrected chi connectivity index (χ1v) is 8.72. The lowest BCUT2D eigenvalue weighted by atomic mass is 10.1. The van der Waals surface area contributed by atoms with E-state index in [1.54, 1.807) is 0 Å². The summed E-state index contributed by atoms with van der Waals surface area (Å²) >= 11 is 0. The van der Waals surface area contributed by atoms with Crippen LogP contribution in [0.2, 0.25) is 0 Å². The van der Waals surface area contributed by atoms with E-state index in [2.05, 4.69) is 65.7 Å². The Bertz CT molecular complexity index is 815. The molecule has 2 aromatic carbocycles. The maximum Gasteiger partial charge on any atom is 0.204 e. The molecule has 2 heterocycles. The van der Waals surface area contributed by atoms with Crippen LogP contribution in [0.3, 0.4) is 0 Å². The minimum Gasteiger partial charge on any atom is -0.378 e. The maximum absolute atomic E-state index is 5.49. The lowest BCUT2D eigenvalue weighted by Crippen LogP contribution is -2.43. The number of hydrogen-bond donors (Lipinski definition) is 0. The van der Waals surface area contributed by atoms with E-state index < -0.39 is 0 Å². The highest BCUT2D eigenvalue weighted by molar-refractivity contribution is 5.64. The van der Waals surface area contributed by atoms with Crippen LogP contribution in [0.1, 0.15) is 5.56 Å². The molecule has 4 rings (SSSR count). The van der Waals surface area contributed by atoms with Crippen LogP contribution in [0.4, 0.5) is 5.82 Å². The normalized spacial score (nSPS) is 14.5. The van der Waals surface area contributed by atoms with E-state index >= 15 is 0 Å². The molecule has 0 unspecified atom stereocenters. The van der Waals surface area contributed by atoms with Crippen LogP contribution in [-0.4, -0.2) is 31.4 Å². The van der Waals surface area contributed by atoms with Crippen molar-refractivity contribution in [2.45, 2.75) is 6.54 Å². The van der Waals surface area contributed by atoms with Crippen LogP contribution >= 0.6 is 0 Å². The maximum atomic E-state index is 5.49. The molecule has 4 heteroatoms. The molecule has 0 aliphatic carbocycles. The standard InChI is InChI=1S/C21H22N3O/c1-3-7-18(8-4-1)16-24-17-20(19-9-5-2-6-10-19)15-21(22-24)23-11-13-25-14-12-23/h1-10,15,17H,11-14,16H2/q+1. The van der Waals surface area contributed by atoms with Gasteiger partial charge < -0.3 is 9.64 Å². The highest BCUT2D eigenvalue weighted by atomic mass is 16.5. The van der Waals surface area contributed by atoms with Gasteiger partial charge in [-0.05, 0) is 5.56 Å². The van der Waals surface area contributed by atoms with Gasteiger partial charge in [0.1, 0.15) is 0 Å². The van der Waals surface area contributed by atoms with E-state index in [1.807, 2.05) is 16.8 Å². The van der Waals surface area contributed by atoms with Crippen LogP contribution in [0.5, 0.6) is 0 Å². The van der Waals surface area contributed by atoms with Crippen molar-refractivity contribution >= 4 is 5.82 Å². The van der Waals surface area contributed by atoms with Crippen molar-refractivity contribution in [3.05, 3.63) is 78.5 Å². The smallest absolute Gasteiger partial charge is 0.204 e. The van der Waals surface area contributed by atoms with Gasteiger partial charge in [-0.1, -0.05) is 65.3 Å². The average molecular weight is 332 g/mol. The van der Waals surface area contributed by atoms with Gasteiger partial charge >= 0.3 is 0 Å². The lowest BCUT2D eigenvalue weighted by molar-refractivity contribution is -0.744. The number of morpholine rings is 1. The highest BCUT2D eigenvalue weighted by Crippen LogP contribution is 2.22. The summed E-state index contributed by atoms with van der Waals surface area (Å²) in [5, 5.41) is 4.86. The Morgan fingerprint density at radius 1 is 0.880 bits per heavy atom. The zero-order chi connectivity index (χ0) is 16.9. The Morgan fingerprint density at radius 2 is 1.56 bits per heavy atom. The minimum atomic E-state index is 0.760. The van der Waals surface area contributed by atoms with Crippen molar-refractivity contribution in [1.29, 1.82) is 0 Å². The SMILES string of the molecule is c1ccc(C[n+]2cc(-c3ccccc3)cc(N3CCOCC3)n2)cc1. The summed E-state index contributed by atoms with van der Waals surface area (Å²) in [6.45, 7) is 4.05. The van der Waals surface area contributed by atoms with E-state index in [0.29, 0.717) is 0 Å². The molecule has 4 nitrogen and oxygen atoms in total. The first kappa shape index (κ1) is 15.8. The molecule has 1 aromatic heterocycles. The predicted octanol–water partition coefficient (Wildman–Crippen LogP) is 2.92. The number of rotatable bonds is 4.